The highest BCUT2D eigenvalue weighted by molar-refractivity contribution is 5.94. The molecule has 2 nitrogen and oxygen atoms in total. The number of halogens is 1. The monoisotopic (exact) mass is 179 g/mol. The molecule has 0 heterocycles. The molecule has 0 unspecified atom stereocenters. The van der Waals surface area contributed by atoms with Gasteiger partial charge in [0.2, 0.25) is 0 Å². The Morgan fingerprint density at radius 3 is 2.77 bits per heavy atom. The third-order valence-electron chi connectivity index (χ3n) is 1.56. The Hall–Kier alpha value is -1.48. The number of hydrogen-bond acceptors (Lipinski definition) is 2. The summed E-state index contributed by atoms with van der Waals surface area (Å²) in [5, 5.41) is 0. The summed E-state index contributed by atoms with van der Waals surface area (Å²) in [5.41, 5.74) is 5.47. The molecule has 68 valence electrons. The van der Waals surface area contributed by atoms with Gasteiger partial charge in [-0.25, -0.2) is 4.39 Å². The molecular formula is C10H10FNO. The summed E-state index contributed by atoms with van der Waals surface area (Å²) in [5.74, 6) is -0.563. The summed E-state index contributed by atoms with van der Waals surface area (Å²) in [6.07, 6.45) is 2.70. The van der Waals surface area contributed by atoms with Crippen molar-refractivity contribution >= 4 is 11.9 Å². The molecule has 1 aromatic carbocycles. The zero-order chi connectivity index (χ0) is 9.68. The van der Waals surface area contributed by atoms with E-state index in [2.05, 4.69) is 0 Å². The van der Waals surface area contributed by atoms with Crippen LogP contribution in [0.15, 0.2) is 30.3 Å². The van der Waals surface area contributed by atoms with Gasteiger partial charge in [0.25, 0.3) is 0 Å². The normalized spacial score (nSPS) is 10.6. The fourth-order valence-corrected chi connectivity index (χ4v) is 0.861. The number of benzene rings is 1. The quantitative estimate of drug-likeness (QED) is 0.712. The lowest BCUT2D eigenvalue weighted by atomic mass is 10.2. The lowest BCUT2D eigenvalue weighted by Crippen LogP contribution is -2.09. The van der Waals surface area contributed by atoms with E-state index in [0.717, 1.165) is 0 Å². The van der Waals surface area contributed by atoms with Crippen LogP contribution in [0.25, 0.3) is 6.08 Å². The summed E-state index contributed by atoms with van der Waals surface area (Å²) >= 11 is 0. The molecule has 0 saturated carbocycles. The van der Waals surface area contributed by atoms with E-state index in [9.17, 15) is 9.18 Å². The molecule has 0 radical (unpaired) electrons. The molecule has 0 atom stereocenters. The number of ketones is 1. The summed E-state index contributed by atoms with van der Waals surface area (Å²) in [7, 11) is 0. The van der Waals surface area contributed by atoms with Crippen LogP contribution in [0.4, 0.5) is 4.39 Å². The molecule has 3 heteroatoms. The first-order valence-corrected chi connectivity index (χ1v) is 3.89. The van der Waals surface area contributed by atoms with Gasteiger partial charge < -0.3 is 5.73 Å². The van der Waals surface area contributed by atoms with E-state index in [1.165, 1.54) is 18.2 Å². The van der Waals surface area contributed by atoms with Crippen molar-refractivity contribution < 1.29 is 9.18 Å². The van der Waals surface area contributed by atoms with Crippen LogP contribution in [-0.2, 0) is 4.79 Å². The molecular weight excluding hydrogens is 169 g/mol. The van der Waals surface area contributed by atoms with E-state index >= 15 is 0 Å². The van der Waals surface area contributed by atoms with Crippen molar-refractivity contribution in [2.24, 2.45) is 5.73 Å². The van der Waals surface area contributed by atoms with E-state index in [-0.39, 0.29) is 18.1 Å². The van der Waals surface area contributed by atoms with Crippen LogP contribution in [0.1, 0.15) is 5.56 Å². The highest BCUT2D eigenvalue weighted by Gasteiger charge is 1.96. The molecule has 1 rings (SSSR count). The highest BCUT2D eigenvalue weighted by Crippen LogP contribution is 2.07. The second kappa shape index (κ2) is 4.52. The van der Waals surface area contributed by atoms with Gasteiger partial charge in [0.15, 0.2) is 5.78 Å². The van der Waals surface area contributed by atoms with Crippen LogP contribution in [0, 0.1) is 5.82 Å². The summed E-state index contributed by atoms with van der Waals surface area (Å²) in [6, 6.07) is 6.23. The van der Waals surface area contributed by atoms with E-state index in [4.69, 9.17) is 5.73 Å². The van der Waals surface area contributed by atoms with Gasteiger partial charge in [-0.2, -0.15) is 0 Å². The third kappa shape index (κ3) is 2.80. The molecule has 0 bridgehead atoms. The van der Waals surface area contributed by atoms with Crippen molar-refractivity contribution in [3.63, 3.8) is 0 Å². The van der Waals surface area contributed by atoms with Crippen molar-refractivity contribution in [1.29, 1.82) is 0 Å². The molecule has 0 aliphatic heterocycles. The van der Waals surface area contributed by atoms with Gasteiger partial charge in [0.05, 0.1) is 6.54 Å². The van der Waals surface area contributed by atoms with Gasteiger partial charge in [0, 0.05) is 5.56 Å². The maximum Gasteiger partial charge on any atom is 0.169 e. The van der Waals surface area contributed by atoms with Crippen LogP contribution in [0.2, 0.25) is 0 Å². The molecule has 0 saturated heterocycles. The first kappa shape index (κ1) is 9.61. The van der Waals surface area contributed by atoms with Gasteiger partial charge in [-0.1, -0.05) is 18.2 Å². The second-order valence-corrected chi connectivity index (χ2v) is 2.53. The Bertz CT molecular complexity index is 333. The predicted octanol–water partition coefficient (Wildman–Crippen LogP) is 1.37. The van der Waals surface area contributed by atoms with Crippen LogP contribution >= 0.6 is 0 Å². The molecule has 0 spiro atoms. The van der Waals surface area contributed by atoms with Crippen LogP contribution in [-0.4, -0.2) is 12.3 Å². The molecule has 0 fully saturated rings. The van der Waals surface area contributed by atoms with Gasteiger partial charge in [-0.05, 0) is 18.2 Å². The van der Waals surface area contributed by atoms with Crippen molar-refractivity contribution in [2.75, 3.05) is 6.54 Å². The molecule has 1 aromatic rings. The van der Waals surface area contributed by atoms with Crippen molar-refractivity contribution in [3.8, 4) is 0 Å². The summed E-state index contributed by atoms with van der Waals surface area (Å²) in [4.78, 5) is 10.8. The number of carbonyl (C=O) groups is 1. The molecule has 2 N–H and O–H groups in total. The average molecular weight is 179 g/mol. The van der Waals surface area contributed by atoms with Crippen molar-refractivity contribution in [2.45, 2.75) is 0 Å². The van der Waals surface area contributed by atoms with E-state index in [1.54, 1.807) is 18.2 Å². The zero-order valence-electron chi connectivity index (χ0n) is 7.03. The Balaban J connectivity index is 2.80. The van der Waals surface area contributed by atoms with E-state index in [1.807, 2.05) is 0 Å². The number of hydrogen-bond donors (Lipinski definition) is 1. The first-order chi connectivity index (χ1) is 6.24. The van der Waals surface area contributed by atoms with Gasteiger partial charge >= 0.3 is 0 Å². The van der Waals surface area contributed by atoms with Crippen molar-refractivity contribution in [1.82, 2.24) is 0 Å². The van der Waals surface area contributed by atoms with Crippen LogP contribution < -0.4 is 5.73 Å². The van der Waals surface area contributed by atoms with Crippen LogP contribution in [0.3, 0.4) is 0 Å². The van der Waals surface area contributed by atoms with Crippen molar-refractivity contribution in [3.05, 3.63) is 41.7 Å². The standard InChI is InChI=1S/C10H10FNO/c11-10-4-2-1-3-8(10)5-6-9(13)7-12/h1-6H,7,12H2/b6-5+. The van der Waals surface area contributed by atoms with E-state index < -0.39 is 0 Å². The fourth-order valence-electron chi connectivity index (χ4n) is 0.861. The van der Waals surface area contributed by atoms with Crippen LogP contribution in [0.5, 0.6) is 0 Å². The summed E-state index contributed by atoms with van der Waals surface area (Å²) < 4.78 is 13.0. The van der Waals surface area contributed by atoms with E-state index in [0.29, 0.717) is 5.56 Å². The SMILES string of the molecule is NCC(=O)/C=C/c1ccccc1F. The maximum atomic E-state index is 13.0. The Kier molecular flexibility index (Phi) is 3.34. The van der Waals surface area contributed by atoms with Gasteiger partial charge in [-0.15, -0.1) is 0 Å². The average Bonchev–Trinajstić information content (AvgIpc) is 2.16. The second-order valence-electron chi connectivity index (χ2n) is 2.53. The molecule has 0 aliphatic carbocycles. The molecule has 0 amide bonds. The minimum absolute atomic E-state index is 0.0506. The molecule has 13 heavy (non-hydrogen) atoms. The Morgan fingerprint density at radius 1 is 1.46 bits per heavy atom. The third-order valence-corrected chi connectivity index (χ3v) is 1.56. The Morgan fingerprint density at radius 2 is 2.15 bits per heavy atom. The smallest absolute Gasteiger partial charge is 0.169 e. The lowest BCUT2D eigenvalue weighted by molar-refractivity contribution is -0.113. The topological polar surface area (TPSA) is 43.1 Å². The largest absolute Gasteiger partial charge is 0.324 e. The molecule has 0 aromatic heterocycles. The zero-order valence-corrected chi connectivity index (χ0v) is 7.03. The fraction of sp³-hybridized carbons (Fsp3) is 0.100. The number of rotatable bonds is 3. The number of carbonyl (C=O) groups excluding carboxylic acids is 1. The van der Waals surface area contributed by atoms with Gasteiger partial charge in [-0.3, -0.25) is 4.79 Å². The highest BCUT2D eigenvalue weighted by atomic mass is 19.1. The number of nitrogens with two attached hydrogens (primary N) is 1. The predicted molar refractivity (Wildman–Crippen MR) is 49.5 cm³/mol. The Labute approximate surface area is 75.9 Å². The van der Waals surface area contributed by atoms with Gasteiger partial charge in [0.1, 0.15) is 5.82 Å². The maximum absolute atomic E-state index is 13.0. The molecule has 0 aliphatic rings. The minimum atomic E-state index is -0.344. The minimum Gasteiger partial charge on any atom is -0.324 e. The lowest BCUT2D eigenvalue weighted by Gasteiger charge is -1.93. The summed E-state index contributed by atoms with van der Waals surface area (Å²) in [6.45, 7) is -0.0506. The first-order valence-electron chi connectivity index (χ1n) is 3.89.